The molecule has 0 aliphatic carbocycles. The Morgan fingerprint density at radius 3 is 2.69 bits per heavy atom. The van der Waals surface area contributed by atoms with Crippen molar-refractivity contribution < 1.29 is 9.59 Å². The number of hydrogen-bond donors (Lipinski definition) is 1. The van der Waals surface area contributed by atoms with Crippen molar-refractivity contribution in [2.75, 3.05) is 6.54 Å². The van der Waals surface area contributed by atoms with Crippen molar-refractivity contribution >= 4 is 27.7 Å². The Balaban J connectivity index is 1.95. The summed E-state index contributed by atoms with van der Waals surface area (Å²) < 4.78 is 0.959. The maximum absolute atomic E-state index is 13.6. The topological polar surface area (TPSA) is 49.4 Å². The van der Waals surface area contributed by atoms with E-state index in [1.54, 1.807) is 4.90 Å². The van der Waals surface area contributed by atoms with Crippen LogP contribution in [0, 0.1) is 5.92 Å². The van der Waals surface area contributed by atoms with E-state index in [2.05, 4.69) is 35.1 Å². The molecule has 0 saturated carbocycles. The van der Waals surface area contributed by atoms with Crippen LogP contribution in [-0.2, 0) is 17.8 Å². The Kier molecular flexibility index (Phi) is 6.78. The quantitative estimate of drug-likeness (QED) is 0.667. The molecule has 0 radical (unpaired) electrons. The van der Waals surface area contributed by atoms with Gasteiger partial charge in [0.15, 0.2) is 0 Å². The van der Waals surface area contributed by atoms with Crippen LogP contribution in [0.4, 0.5) is 0 Å². The summed E-state index contributed by atoms with van der Waals surface area (Å²) in [6, 6.07) is 15.6. The number of carbonyl (C=O) groups is 2. The van der Waals surface area contributed by atoms with Crippen LogP contribution in [0.1, 0.15) is 55.1 Å². The summed E-state index contributed by atoms with van der Waals surface area (Å²) >= 11 is 3.51. The highest BCUT2D eigenvalue weighted by molar-refractivity contribution is 9.10. The van der Waals surface area contributed by atoms with Gasteiger partial charge in [-0.25, -0.2) is 0 Å². The Morgan fingerprint density at radius 1 is 1.21 bits per heavy atom. The van der Waals surface area contributed by atoms with E-state index in [9.17, 15) is 9.59 Å². The number of benzene rings is 2. The lowest BCUT2D eigenvalue weighted by Gasteiger charge is -2.39. The molecule has 5 heteroatoms. The number of amides is 2. The molecule has 1 heterocycles. The predicted molar refractivity (Wildman–Crippen MR) is 120 cm³/mol. The molecule has 154 valence electrons. The number of rotatable bonds is 6. The van der Waals surface area contributed by atoms with E-state index in [-0.39, 0.29) is 11.8 Å². The van der Waals surface area contributed by atoms with Gasteiger partial charge in [0, 0.05) is 23.1 Å². The fourth-order valence-corrected chi connectivity index (χ4v) is 4.24. The number of nitrogens with one attached hydrogen (secondary N) is 1. The van der Waals surface area contributed by atoms with Gasteiger partial charge in [-0.05, 0) is 61.4 Å². The first-order chi connectivity index (χ1) is 13.8. The summed E-state index contributed by atoms with van der Waals surface area (Å²) in [7, 11) is 0. The molecule has 0 bridgehead atoms. The van der Waals surface area contributed by atoms with E-state index in [4.69, 9.17) is 0 Å². The van der Waals surface area contributed by atoms with Crippen molar-refractivity contribution in [2.45, 2.75) is 52.1 Å². The largest absolute Gasteiger partial charge is 0.354 e. The van der Waals surface area contributed by atoms with Crippen LogP contribution in [0.5, 0.6) is 0 Å². The van der Waals surface area contributed by atoms with E-state index in [0.29, 0.717) is 37.4 Å². The van der Waals surface area contributed by atoms with Crippen molar-refractivity contribution in [3.63, 3.8) is 0 Å². The Morgan fingerprint density at radius 2 is 1.97 bits per heavy atom. The third-order valence-electron chi connectivity index (χ3n) is 5.70. The minimum Gasteiger partial charge on any atom is -0.354 e. The fourth-order valence-electron chi connectivity index (χ4n) is 3.79. The van der Waals surface area contributed by atoms with Crippen LogP contribution in [-0.4, -0.2) is 28.8 Å². The highest BCUT2D eigenvalue weighted by Gasteiger charge is 2.44. The highest BCUT2D eigenvalue weighted by atomic mass is 79.9. The number of aryl methyl sites for hydroxylation is 1. The standard InChI is InChI=1S/C24H29BrN2O2/c1-17(2)12-14-26-23(29)24(3)13-11-19-8-4-5-10-21(19)22(28)27(24)16-18-7-6-9-20(25)15-18/h4-10,15,17H,11-14,16H2,1-3H3,(H,26,29)/t24-/m1/s1. The van der Waals surface area contributed by atoms with E-state index >= 15 is 0 Å². The van der Waals surface area contributed by atoms with E-state index in [1.807, 2.05) is 55.5 Å². The maximum Gasteiger partial charge on any atom is 0.255 e. The summed E-state index contributed by atoms with van der Waals surface area (Å²) in [6.07, 6.45) is 2.21. The predicted octanol–water partition coefficient (Wildman–Crippen LogP) is 4.96. The molecule has 1 atom stereocenters. The molecule has 0 fully saturated rings. The summed E-state index contributed by atoms with van der Waals surface area (Å²) in [6.45, 7) is 7.19. The number of halogens is 1. The van der Waals surface area contributed by atoms with Gasteiger partial charge in [-0.3, -0.25) is 9.59 Å². The lowest BCUT2D eigenvalue weighted by Crippen LogP contribution is -2.58. The monoisotopic (exact) mass is 456 g/mol. The molecular formula is C24H29BrN2O2. The van der Waals surface area contributed by atoms with Crippen LogP contribution >= 0.6 is 15.9 Å². The number of nitrogens with zero attached hydrogens (tertiary/aromatic N) is 1. The van der Waals surface area contributed by atoms with Crippen molar-refractivity contribution in [3.05, 3.63) is 69.7 Å². The van der Waals surface area contributed by atoms with Crippen molar-refractivity contribution in [1.29, 1.82) is 0 Å². The molecule has 1 aliphatic heterocycles. The molecule has 1 N–H and O–H groups in total. The third kappa shape index (κ3) is 4.89. The zero-order valence-electron chi connectivity index (χ0n) is 17.4. The van der Waals surface area contributed by atoms with E-state index in [1.165, 1.54) is 0 Å². The van der Waals surface area contributed by atoms with Crippen molar-refractivity contribution in [1.82, 2.24) is 10.2 Å². The number of hydrogen-bond acceptors (Lipinski definition) is 2. The summed E-state index contributed by atoms with van der Waals surface area (Å²) in [4.78, 5) is 28.6. The highest BCUT2D eigenvalue weighted by Crippen LogP contribution is 2.32. The molecule has 2 aromatic rings. The molecule has 29 heavy (non-hydrogen) atoms. The SMILES string of the molecule is CC(C)CCNC(=O)[C@@]1(C)CCc2ccccc2C(=O)N1Cc1cccc(Br)c1. The Bertz CT molecular complexity index is 896. The van der Waals surface area contributed by atoms with Gasteiger partial charge in [-0.15, -0.1) is 0 Å². The second-order valence-electron chi connectivity index (χ2n) is 8.39. The molecule has 0 saturated heterocycles. The van der Waals surface area contributed by atoms with Crippen LogP contribution < -0.4 is 5.32 Å². The molecule has 4 nitrogen and oxygen atoms in total. The van der Waals surface area contributed by atoms with Crippen LogP contribution in [0.15, 0.2) is 53.0 Å². The summed E-state index contributed by atoms with van der Waals surface area (Å²) in [5, 5.41) is 3.08. The van der Waals surface area contributed by atoms with Gasteiger partial charge in [0.05, 0.1) is 0 Å². The van der Waals surface area contributed by atoms with Gasteiger partial charge >= 0.3 is 0 Å². The molecule has 0 spiro atoms. The molecule has 2 aromatic carbocycles. The van der Waals surface area contributed by atoms with Gasteiger partial charge in [-0.2, -0.15) is 0 Å². The lowest BCUT2D eigenvalue weighted by atomic mass is 9.91. The third-order valence-corrected chi connectivity index (χ3v) is 6.19. The van der Waals surface area contributed by atoms with E-state index in [0.717, 1.165) is 22.0 Å². The molecule has 0 unspecified atom stereocenters. The second-order valence-corrected chi connectivity index (χ2v) is 9.31. The fraction of sp³-hybridized carbons (Fsp3) is 0.417. The summed E-state index contributed by atoms with van der Waals surface area (Å²) in [5.41, 5.74) is 1.79. The molecule has 2 amide bonds. The number of carbonyl (C=O) groups excluding carboxylic acids is 2. The van der Waals surface area contributed by atoms with Crippen LogP contribution in [0.25, 0.3) is 0 Å². The average Bonchev–Trinajstić information content (AvgIpc) is 2.79. The van der Waals surface area contributed by atoms with Gasteiger partial charge < -0.3 is 10.2 Å². The molecular weight excluding hydrogens is 428 g/mol. The first kappa shape index (κ1) is 21.6. The van der Waals surface area contributed by atoms with Gasteiger partial charge in [0.25, 0.3) is 5.91 Å². The van der Waals surface area contributed by atoms with Gasteiger partial charge in [-0.1, -0.05) is 60.1 Å². The lowest BCUT2D eigenvalue weighted by molar-refractivity contribution is -0.132. The summed E-state index contributed by atoms with van der Waals surface area (Å²) in [5.74, 6) is 0.356. The first-order valence-electron chi connectivity index (χ1n) is 10.2. The van der Waals surface area contributed by atoms with Crippen LogP contribution in [0.2, 0.25) is 0 Å². The van der Waals surface area contributed by atoms with E-state index < -0.39 is 5.54 Å². The zero-order valence-corrected chi connectivity index (χ0v) is 19.0. The molecule has 0 aromatic heterocycles. The van der Waals surface area contributed by atoms with Gasteiger partial charge in [0.1, 0.15) is 5.54 Å². The normalized spacial score (nSPS) is 19.1. The Labute approximate surface area is 181 Å². The van der Waals surface area contributed by atoms with Crippen molar-refractivity contribution in [2.24, 2.45) is 5.92 Å². The maximum atomic E-state index is 13.6. The molecule has 3 rings (SSSR count). The smallest absolute Gasteiger partial charge is 0.255 e. The van der Waals surface area contributed by atoms with Crippen LogP contribution in [0.3, 0.4) is 0 Å². The minimum atomic E-state index is -0.907. The second kappa shape index (κ2) is 9.12. The van der Waals surface area contributed by atoms with Gasteiger partial charge in [0.2, 0.25) is 5.91 Å². The Hall–Kier alpha value is -2.14. The molecule has 1 aliphatic rings. The minimum absolute atomic E-state index is 0.0747. The zero-order chi connectivity index (χ0) is 21.0. The number of fused-ring (bicyclic) bond motifs is 1. The first-order valence-corrected chi connectivity index (χ1v) is 11.0. The van der Waals surface area contributed by atoms with Crippen molar-refractivity contribution in [3.8, 4) is 0 Å². The average molecular weight is 457 g/mol.